The maximum Gasteiger partial charge on any atom is 0.238 e. The van der Waals surface area contributed by atoms with Gasteiger partial charge in [-0.25, -0.2) is 0 Å². The van der Waals surface area contributed by atoms with Crippen LogP contribution in [0.15, 0.2) is 46.9 Å². The molecule has 0 heterocycles. The van der Waals surface area contributed by atoms with Crippen molar-refractivity contribution in [1.29, 1.82) is 0 Å². The molecule has 0 radical (unpaired) electrons. The highest BCUT2D eigenvalue weighted by Crippen LogP contribution is 2.20. The van der Waals surface area contributed by atoms with E-state index in [4.69, 9.17) is 4.74 Å². The van der Waals surface area contributed by atoms with E-state index in [0.29, 0.717) is 6.54 Å². The minimum Gasteiger partial charge on any atom is -0.496 e. The third kappa shape index (κ3) is 5.37. The normalized spacial score (nSPS) is 10.4. The number of halogens is 1. The van der Waals surface area contributed by atoms with E-state index >= 15 is 0 Å². The Morgan fingerprint density at radius 2 is 2.00 bits per heavy atom. The first-order chi connectivity index (χ1) is 11.1. The smallest absolute Gasteiger partial charge is 0.238 e. The Morgan fingerprint density at radius 3 is 2.74 bits per heavy atom. The Labute approximate surface area is 145 Å². The van der Waals surface area contributed by atoms with Crippen LogP contribution >= 0.6 is 15.9 Å². The molecule has 2 rings (SSSR count). The Kier molecular flexibility index (Phi) is 6.62. The van der Waals surface area contributed by atoms with Gasteiger partial charge in [0.25, 0.3) is 0 Å². The van der Waals surface area contributed by atoms with Gasteiger partial charge in [-0.15, -0.1) is 0 Å². The van der Waals surface area contributed by atoms with Crippen LogP contribution < -0.4 is 15.4 Å². The number of carbonyl (C=O) groups excluding carboxylic acids is 1. The predicted octanol–water partition coefficient (Wildman–Crippen LogP) is 3.54. The van der Waals surface area contributed by atoms with Gasteiger partial charge in [0.05, 0.1) is 13.7 Å². The van der Waals surface area contributed by atoms with E-state index in [9.17, 15) is 4.79 Å². The second-order valence-corrected chi connectivity index (χ2v) is 6.11. The fraction of sp³-hybridized carbons (Fsp3) is 0.278. The zero-order valence-electron chi connectivity index (χ0n) is 13.4. The number of hydrogen-bond acceptors (Lipinski definition) is 3. The number of methoxy groups -OCH3 is 1. The van der Waals surface area contributed by atoms with E-state index in [1.807, 2.05) is 49.4 Å². The third-order valence-electron chi connectivity index (χ3n) is 3.50. The van der Waals surface area contributed by atoms with Crippen LogP contribution in [0, 0.1) is 6.92 Å². The van der Waals surface area contributed by atoms with Gasteiger partial charge in [-0.05, 0) is 49.2 Å². The monoisotopic (exact) mass is 376 g/mol. The molecular weight excluding hydrogens is 356 g/mol. The minimum atomic E-state index is -0.0548. The number of nitrogens with one attached hydrogen (secondary N) is 2. The second-order valence-electron chi connectivity index (χ2n) is 5.25. The first-order valence-corrected chi connectivity index (χ1v) is 8.28. The van der Waals surface area contributed by atoms with E-state index < -0.39 is 0 Å². The maximum absolute atomic E-state index is 11.9. The van der Waals surface area contributed by atoms with Crippen LogP contribution in [0.2, 0.25) is 0 Å². The van der Waals surface area contributed by atoms with Crippen LogP contribution in [0.3, 0.4) is 0 Å². The molecule has 0 spiro atoms. The van der Waals surface area contributed by atoms with Gasteiger partial charge in [0.1, 0.15) is 5.75 Å². The molecule has 0 bridgehead atoms. The molecule has 23 heavy (non-hydrogen) atoms. The Bertz CT molecular complexity index is 674. The van der Waals surface area contributed by atoms with E-state index in [1.54, 1.807) is 7.11 Å². The minimum absolute atomic E-state index is 0.0548. The van der Waals surface area contributed by atoms with Gasteiger partial charge in [0.15, 0.2) is 0 Å². The molecule has 0 aliphatic carbocycles. The number of hydrogen-bond donors (Lipinski definition) is 2. The highest BCUT2D eigenvalue weighted by atomic mass is 79.9. The molecule has 1 amide bonds. The molecule has 0 saturated carbocycles. The molecule has 0 unspecified atom stereocenters. The van der Waals surface area contributed by atoms with Crippen molar-refractivity contribution in [3.63, 3.8) is 0 Å². The summed E-state index contributed by atoms with van der Waals surface area (Å²) >= 11 is 3.46. The number of anilines is 1. The first kappa shape index (κ1) is 17.5. The van der Waals surface area contributed by atoms with Gasteiger partial charge >= 0.3 is 0 Å². The quantitative estimate of drug-likeness (QED) is 0.726. The molecular formula is C18H21BrN2O2. The van der Waals surface area contributed by atoms with Crippen molar-refractivity contribution in [2.45, 2.75) is 13.3 Å². The number of ether oxygens (including phenoxy) is 1. The van der Waals surface area contributed by atoms with Gasteiger partial charge in [-0.1, -0.05) is 40.2 Å². The summed E-state index contributed by atoms with van der Waals surface area (Å²) in [6.45, 7) is 3.00. The highest BCUT2D eigenvalue weighted by Gasteiger charge is 2.05. The summed E-state index contributed by atoms with van der Waals surface area (Å²) in [5.41, 5.74) is 3.06. The van der Waals surface area contributed by atoms with Crippen molar-refractivity contribution >= 4 is 27.5 Å². The highest BCUT2D eigenvalue weighted by molar-refractivity contribution is 9.10. The fourth-order valence-electron chi connectivity index (χ4n) is 2.21. The molecule has 4 nitrogen and oxygen atoms in total. The van der Waals surface area contributed by atoms with Crippen LogP contribution in [0.4, 0.5) is 5.69 Å². The lowest BCUT2D eigenvalue weighted by atomic mass is 10.1. The number of para-hydroxylation sites is 1. The lowest BCUT2D eigenvalue weighted by Crippen LogP contribution is -2.29. The van der Waals surface area contributed by atoms with Gasteiger partial charge in [-0.3, -0.25) is 4.79 Å². The summed E-state index contributed by atoms with van der Waals surface area (Å²) in [7, 11) is 1.67. The van der Waals surface area contributed by atoms with Crippen molar-refractivity contribution in [1.82, 2.24) is 5.32 Å². The first-order valence-electron chi connectivity index (χ1n) is 7.49. The zero-order chi connectivity index (χ0) is 16.7. The molecule has 0 fully saturated rings. The molecule has 5 heteroatoms. The number of carbonyl (C=O) groups is 1. The SMILES string of the molecule is COc1ccccc1CCNCC(=O)Nc1ccc(C)c(Br)c1. The van der Waals surface area contributed by atoms with Crippen LogP contribution in [0.25, 0.3) is 0 Å². The summed E-state index contributed by atoms with van der Waals surface area (Å²) in [5.74, 6) is 0.823. The second kappa shape index (κ2) is 8.70. The molecule has 122 valence electrons. The van der Waals surface area contributed by atoms with Gasteiger partial charge in [-0.2, -0.15) is 0 Å². The molecule has 0 aliphatic rings. The van der Waals surface area contributed by atoms with E-state index in [-0.39, 0.29) is 12.5 Å². The zero-order valence-corrected chi connectivity index (χ0v) is 14.9. The Morgan fingerprint density at radius 1 is 1.22 bits per heavy atom. The van der Waals surface area contributed by atoms with Crippen LogP contribution in [-0.4, -0.2) is 26.1 Å². The van der Waals surface area contributed by atoms with Crippen molar-refractivity contribution in [3.05, 3.63) is 58.1 Å². The Balaban J connectivity index is 1.75. The van der Waals surface area contributed by atoms with E-state index in [2.05, 4.69) is 26.6 Å². The van der Waals surface area contributed by atoms with Gasteiger partial charge < -0.3 is 15.4 Å². The number of amides is 1. The molecule has 0 atom stereocenters. The molecule has 0 aromatic heterocycles. The topological polar surface area (TPSA) is 50.4 Å². The average Bonchev–Trinajstić information content (AvgIpc) is 2.55. The third-order valence-corrected chi connectivity index (χ3v) is 4.36. The number of rotatable bonds is 7. The van der Waals surface area contributed by atoms with Crippen molar-refractivity contribution in [2.24, 2.45) is 0 Å². The number of aryl methyl sites for hydroxylation is 1. The lowest BCUT2D eigenvalue weighted by molar-refractivity contribution is -0.115. The average molecular weight is 377 g/mol. The molecule has 0 saturated heterocycles. The lowest BCUT2D eigenvalue weighted by Gasteiger charge is -2.10. The van der Waals surface area contributed by atoms with Gasteiger partial charge in [0, 0.05) is 10.2 Å². The summed E-state index contributed by atoms with van der Waals surface area (Å²) in [6, 6.07) is 13.7. The van der Waals surface area contributed by atoms with E-state index in [0.717, 1.165) is 33.5 Å². The van der Waals surface area contributed by atoms with Crippen molar-refractivity contribution < 1.29 is 9.53 Å². The summed E-state index contributed by atoms with van der Waals surface area (Å²) < 4.78 is 6.30. The molecule has 2 aromatic carbocycles. The Hall–Kier alpha value is -1.85. The van der Waals surface area contributed by atoms with Crippen molar-refractivity contribution in [2.75, 3.05) is 25.5 Å². The summed E-state index contributed by atoms with van der Waals surface area (Å²) in [6.07, 6.45) is 0.813. The number of benzene rings is 2. The van der Waals surface area contributed by atoms with Crippen LogP contribution in [-0.2, 0) is 11.2 Å². The predicted molar refractivity (Wildman–Crippen MR) is 97.1 cm³/mol. The van der Waals surface area contributed by atoms with E-state index in [1.165, 1.54) is 0 Å². The van der Waals surface area contributed by atoms with Crippen LogP contribution in [0.5, 0.6) is 5.75 Å². The molecule has 0 aliphatic heterocycles. The standard InChI is InChI=1S/C18H21BrN2O2/c1-13-7-8-15(11-16(13)19)21-18(22)12-20-10-9-14-5-3-4-6-17(14)23-2/h3-8,11,20H,9-10,12H2,1-2H3,(H,21,22). The largest absolute Gasteiger partial charge is 0.496 e. The molecule has 2 N–H and O–H groups in total. The summed E-state index contributed by atoms with van der Waals surface area (Å²) in [4.78, 5) is 11.9. The van der Waals surface area contributed by atoms with Gasteiger partial charge in [0.2, 0.25) is 5.91 Å². The summed E-state index contributed by atoms with van der Waals surface area (Å²) in [5, 5.41) is 6.03. The molecule has 2 aromatic rings. The van der Waals surface area contributed by atoms with Crippen LogP contribution in [0.1, 0.15) is 11.1 Å². The van der Waals surface area contributed by atoms with Crippen molar-refractivity contribution in [3.8, 4) is 5.75 Å². The maximum atomic E-state index is 11.9. The fourth-order valence-corrected chi connectivity index (χ4v) is 2.59.